The Morgan fingerprint density at radius 2 is 1.01 bits per heavy atom. The second kappa shape index (κ2) is 19.5. The molecule has 22 heteroatoms. The monoisotopic (exact) mass is 964 g/mol. The third-order valence-corrected chi connectivity index (χ3v) is 17.3. The van der Waals surface area contributed by atoms with Crippen molar-refractivity contribution in [1.29, 1.82) is 0 Å². The van der Waals surface area contributed by atoms with Crippen LogP contribution in [0.25, 0.3) is 0 Å². The number of ether oxygens (including phenoxy) is 8. The highest BCUT2D eigenvalue weighted by atomic mass is 16.8. The smallest absolute Gasteiger partial charge is 0.228 e. The lowest BCUT2D eigenvalue weighted by atomic mass is 9.40. The fraction of sp³-hybridized carbons (Fsp3) is 0.911. The van der Waals surface area contributed by atoms with E-state index in [1.165, 1.54) is 0 Å². The van der Waals surface area contributed by atoms with Crippen LogP contribution < -0.4 is 0 Å². The van der Waals surface area contributed by atoms with Gasteiger partial charge in [0.05, 0.1) is 37.8 Å². The van der Waals surface area contributed by atoms with E-state index in [1.54, 1.807) is 0 Å². The summed E-state index contributed by atoms with van der Waals surface area (Å²) in [4.78, 5) is 0. The van der Waals surface area contributed by atoms with Gasteiger partial charge in [0.25, 0.3) is 0 Å². The summed E-state index contributed by atoms with van der Waals surface area (Å²) in [5, 5.41) is 148. The van der Waals surface area contributed by atoms with Gasteiger partial charge in [-0.25, -0.2) is 0 Å². The number of aliphatic hydroxyl groups excluding tert-OH is 14. The predicted molar refractivity (Wildman–Crippen MR) is 223 cm³/mol. The summed E-state index contributed by atoms with van der Waals surface area (Å²) in [5.74, 6) is 0.556. The van der Waals surface area contributed by atoms with Gasteiger partial charge in [-0.15, -0.1) is 0 Å². The lowest BCUT2D eigenvalue weighted by Gasteiger charge is -2.65. The molecule has 0 radical (unpaired) electrons. The van der Waals surface area contributed by atoms with Crippen LogP contribution in [0.15, 0.2) is 24.5 Å². The largest absolute Gasteiger partial charge is 0.466 e. The minimum atomic E-state index is -1.94. The van der Waals surface area contributed by atoms with Crippen molar-refractivity contribution in [2.45, 2.75) is 200 Å². The van der Waals surface area contributed by atoms with Crippen molar-refractivity contribution in [1.82, 2.24) is 0 Å². The molecule has 2 unspecified atom stereocenters. The zero-order valence-electron chi connectivity index (χ0n) is 37.8. The van der Waals surface area contributed by atoms with Gasteiger partial charge in [-0.2, -0.15) is 0 Å². The number of fused-ring (bicyclic) bond motifs is 3. The van der Waals surface area contributed by atoms with Gasteiger partial charge in [0, 0.05) is 5.41 Å². The number of rotatable bonds is 13. The zero-order valence-corrected chi connectivity index (χ0v) is 37.8. The maximum Gasteiger partial charge on any atom is 0.228 e. The van der Waals surface area contributed by atoms with Gasteiger partial charge in [0.1, 0.15) is 97.7 Å². The molecule has 0 aromatic heterocycles. The van der Waals surface area contributed by atoms with Crippen molar-refractivity contribution < 1.29 is 109 Å². The molecule has 22 nitrogen and oxygen atoms in total. The summed E-state index contributed by atoms with van der Waals surface area (Å²) in [6.07, 6.45) is -27.1. The molecule has 26 atom stereocenters. The Balaban J connectivity index is 1.06. The SMILES string of the molecule is C=C1C[C@@]23CC[C@H]4[C@@](C)(CCC[C@@]4(C)C(=C)O[C@@H]4O[C@H](CO)[C@@H](O)[C@H](O)[C@H]4O)[C@@H]2CC[C@]1(O[C@@H]1O[C@H](CO)[C@@H](O)[C@H](OC2O[C@H](CO)[C@@H](O)[C@H](O)[C@H]2O)[C@H]1OC1O[C@H](CO)[C@@H](O)[C@H](O)[C@H]1O)C3. The summed E-state index contributed by atoms with van der Waals surface area (Å²) < 4.78 is 49.0. The molecular formula is C45H72O22. The summed E-state index contributed by atoms with van der Waals surface area (Å²) in [6.45, 7) is 10.3. The predicted octanol–water partition coefficient (Wildman–Crippen LogP) is -4.13. The minimum Gasteiger partial charge on any atom is -0.466 e. The van der Waals surface area contributed by atoms with E-state index in [2.05, 4.69) is 27.0 Å². The van der Waals surface area contributed by atoms with Crippen molar-refractivity contribution in [2.24, 2.45) is 28.1 Å². The first-order valence-electron chi connectivity index (χ1n) is 23.5. The molecule has 0 aromatic rings. The molecule has 4 heterocycles. The average molecular weight is 965 g/mol. The van der Waals surface area contributed by atoms with E-state index < -0.39 is 160 Å². The average Bonchev–Trinajstić information content (AvgIpc) is 3.50. The molecular weight excluding hydrogens is 892 g/mol. The molecule has 8 aliphatic rings. The van der Waals surface area contributed by atoms with Crippen LogP contribution in [0, 0.1) is 28.1 Å². The minimum absolute atomic E-state index is 0.0502. The van der Waals surface area contributed by atoms with Crippen LogP contribution in [0.4, 0.5) is 0 Å². The Morgan fingerprint density at radius 1 is 0.552 bits per heavy atom. The van der Waals surface area contributed by atoms with Gasteiger partial charge in [0.15, 0.2) is 18.9 Å². The molecule has 2 bridgehead atoms. The lowest BCUT2D eigenvalue weighted by molar-refractivity contribution is -0.400. The molecule has 4 saturated carbocycles. The highest BCUT2D eigenvalue weighted by Gasteiger charge is 2.69. The summed E-state index contributed by atoms with van der Waals surface area (Å²) in [7, 11) is 0. The molecule has 384 valence electrons. The molecule has 4 saturated heterocycles. The van der Waals surface area contributed by atoms with Crippen molar-refractivity contribution in [3.05, 3.63) is 24.5 Å². The molecule has 14 N–H and O–H groups in total. The first-order chi connectivity index (χ1) is 31.6. The van der Waals surface area contributed by atoms with Crippen molar-refractivity contribution in [3.8, 4) is 0 Å². The van der Waals surface area contributed by atoms with Crippen molar-refractivity contribution >= 4 is 0 Å². The number of aliphatic hydroxyl groups is 14. The summed E-state index contributed by atoms with van der Waals surface area (Å²) >= 11 is 0. The summed E-state index contributed by atoms with van der Waals surface area (Å²) in [5.41, 5.74) is -1.54. The van der Waals surface area contributed by atoms with Gasteiger partial charge in [-0.3, -0.25) is 0 Å². The maximum absolute atomic E-state index is 11.7. The highest BCUT2D eigenvalue weighted by Crippen LogP contribution is 2.74. The molecule has 1 spiro atoms. The van der Waals surface area contributed by atoms with Crippen LogP contribution in [0.5, 0.6) is 0 Å². The fourth-order valence-corrected chi connectivity index (χ4v) is 13.6. The second-order valence-electron chi connectivity index (χ2n) is 20.9. The highest BCUT2D eigenvalue weighted by molar-refractivity contribution is 5.31. The Kier molecular flexibility index (Phi) is 15.0. The molecule has 4 aliphatic carbocycles. The van der Waals surface area contributed by atoms with Crippen LogP contribution in [0.2, 0.25) is 0 Å². The van der Waals surface area contributed by atoms with Gasteiger partial charge < -0.3 is 109 Å². The fourth-order valence-electron chi connectivity index (χ4n) is 13.6. The first kappa shape index (κ1) is 51.8. The molecule has 67 heavy (non-hydrogen) atoms. The molecule has 8 fully saturated rings. The van der Waals surface area contributed by atoms with Crippen LogP contribution in [0.3, 0.4) is 0 Å². The van der Waals surface area contributed by atoms with Gasteiger partial charge in [-0.1, -0.05) is 33.4 Å². The lowest BCUT2D eigenvalue weighted by Crippen LogP contribution is -2.68. The third-order valence-electron chi connectivity index (χ3n) is 17.3. The van der Waals surface area contributed by atoms with E-state index in [9.17, 15) is 71.5 Å². The van der Waals surface area contributed by atoms with Crippen LogP contribution in [-0.4, -0.2) is 226 Å². The first-order valence-corrected chi connectivity index (χ1v) is 23.5. The molecule has 8 rings (SSSR count). The standard InChI is InChI=1S/C45H72O22/c1-18-12-44-10-6-24-42(3,19(2)60-38-33(57)30(54)26(50)20(13-46)61-38)8-5-9-43(24,4)25(44)7-11-45(18,17-44)67-41-37(66-40-35(59)32(56)28(52)22(15-48)63-40)36(29(53)23(16-49)64-41)65-39-34(58)31(55)27(51)21(14-47)62-39/h20-41,46-59H,1-2,5-17H2,3-4H3/t20-,21-,22-,23-,24-,25+,26-,27-,28-,29-,30+,31+,32+,33-,34-,35-,36+,37-,38-,39?,40?,41+,42+,43-,44-,45+/m1/s1. The van der Waals surface area contributed by atoms with Crippen molar-refractivity contribution in [2.75, 3.05) is 26.4 Å². The number of hydrogen-bond donors (Lipinski definition) is 14. The number of hydrogen-bond acceptors (Lipinski definition) is 22. The van der Waals surface area contributed by atoms with Gasteiger partial charge in [-0.05, 0) is 79.6 Å². The molecule has 0 amide bonds. The number of allylic oxidation sites excluding steroid dienone is 1. The van der Waals surface area contributed by atoms with E-state index in [-0.39, 0.29) is 22.7 Å². The van der Waals surface area contributed by atoms with Gasteiger partial charge >= 0.3 is 0 Å². The van der Waals surface area contributed by atoms with E-state index in [1.807, 2.05) is 0 Å². The van der Waals surface area contributed by atoms with Crippen molar-refractivity contribution in [3.63, 3.8) is 0 Å². The Hall–Kier alpha value is -1.56. The third kappa shape index (κ3) is 8.65. The van der Waals surface area contributed by atoms with E-state index in [4.69, 9.17) is 37.9 Å². The van der Waals surface area contributed by atoms with Crippen LogP contribution in [-0.2, 0) is 37.9 Å². The maximum atomic E-state index is 11.7. The Labute approximate surface area is 387 Å². The van der Waals surface area contributed by atoms with E-state index in [0.29, 0.717) is 31.4 Å². The topological polar surface area (TPSA) is 357 Å². The van der Waals surface area contributed by atoms with Crippen LogP contribution in [0.1, 0.15) is 71.6 Å². The molecule has 0 aromatic carbocycles. The second-order valence-corrected chi connectivity index (χ2v) is 20.9. The van der Waals surface area contributed by atoms with E-state index in [0.717, 1.165) is 37.7 Å². The zero-order chi connectivity index (χ0) is 48.7. The van der Waals surface area contributed by atoms with Gasteiger partial charge in [0.2, 0.25) is 6.29 Å². The Bertz CT molecular complexity index is 1760. The normalized spacial score (nSPS) is 54.5. The Morgan fingerprint density at radius 3 is 1.55 bits per heavy atom. The molecule has 4 aliphatic heterocycles. The summed E-state index contributed by atoms with van der Waals surface area (Å²) in [6, 6.07) is 0. The van der Waals surface area contributed by atoms with E-state index >= 15 is 0 Å². The van der Waals surface area contributed by atoms with Crippen LogP contribution >= 0.6 is 0 Å². The quantitative estimate of drug-likeness (QED) is 0.0474.